The van der Waals surface area contributed by atoms with Gasteiger partial charge in [0, 0.05) is 6.54 Å². The molecule has 0 saturated carbocycles. The van der Waals surface area contributed by atoms with Crippen molar-refractivity contribution in [2.45, 2.75) is 152 Å². The molecule has 2 unspecified atom stereocenters. The van der Waals surface area contributed by atoms with Gasteiger partial charge in [-0.3, -0.25) is 13.9 Å². The van der Waals surface area contributed by atoms with E-state index in [1.165, 1.54) is 57.8 Å². The summed E-state index contributed by atoms with van der Waals surface area (Å²) in [5, 5.41) is 64.7. The van der Waals surface area contributed by atoms with Gasteiger partial charge in [0.25, 0.3) is 5.91 Å². The summed E-state index contributed by atoms with van der Waals surface area (Å²) in [4.78, 5) is 12.6. The number of carbonyl (C=O) groups is 1. The summed E-state index contributed by atoms with van der Waals surface area (Å²) in [6, 6.07) is 0. The first-order valence-corrected chi connectivity index (χ1v) is 19.1. The molecule has 1 rings (SSSR count). The SMILES string of the molecule is CCCCCCCCCCCCCCCCNC(=O)[C@H](O)[C@@H](O)[C@H](O[C@H]1OC(COS(=O)(=O)O)[C@@H](O)C(O)[C@@H]1O)[C@H](O)COS(=O)(=O)O. The summed E-state index contributed by atoms with van der Waals surface area (Å²) in [7, 11) is -10.2. The van der Waals surface area contributed by atoms with Gasteiger partial charge in [0.2, 0.25) is 0 Å². The Kier molecular flexibility index (Phi) is 21.9. The van der Waals surface area contributed by atoms with Gasteiger partial charge >= 0.3 is 20.8 Å². The molecule has 0 aromatic rings. The van der Waals surface area contributed by atoms with E-state index in [9.17, 15) is 52.3 Å². The van der Waals surface area contributed by atoms with E-state index >= 15 is 0 Å². The van der Waals surface area contributed by atoms with Crippen molar-refractivity contribution >= 4 is 26.7 Å². The van der Waals surface area contributed by atoms with Crippen LogP contribution in [-0.4, -0.2) is 137 Å². The van der Waals surface area contributed by atoms with E-state index in [0.717, 1.165) is 25.7 Å². The Hall–Kier alpha value is -1.11. The zero-order chi connectivity index (χ0) is 36.3. The van der Waals surface area contributed by atoms with Gasteiger partial charge in [0.05, 0.1) is 13.2 Å². The second kappa shape index (κ2) is 23.4. The lowest BCUT2D eigenvalue weighted by Gasteiger charge is -2.42. The summed E-state index contributed by atoms with van der Waals surface area (Å²) in [5.74, 6) is -1.10. The quantitative estimate of drug-likeness (QED) is 0.0379. The molecule has 0 bridgehead atoms. The standard InChI is InChI=1S/C28H55NO17S2/c1-2-3-4-5-6-7-8-9-10-11-12-13-14-15-16-29-27(36)24(34)23(33)26(19(30)17-43-47(37,38)39)46-28-25(35)22(32)21(31)20(45-28)18-44-48(40,41)42/h19-26,28,30-35H,2-18H2,1H3,(H,29,36)(H,37,38,39)(H,40,41,42)/t19-,20?,21-,22?,23-,24-,25+,26-,28-/m1/s1. The summed E-state index contributed by atoms with van der Waals surface area (Å²) >= 11 is 0. The average Bonchev–Trinajstić information content (AvgIpc) is 3.01. The molecule has 0 aliphatic carbocycles. The third-order valence-corrected chi connectivity index (χ3v) is 8.73. The van der Waals surface area contributed by atoms with Crippen molar-refractivity contribution in [3.05, 3.63) is 0 Å². The first kappa shape index (κ1) is 44.9. The van der Waals surface area contributed by atoms with Crippen molar-refractivity contribution in [2.75, 3.05) is 19.8 Å². The molecule has 1 amide bonds. The monoisotopic (exact) mass is 741 g/mol. The highest BCUT2D eigenvalue weighted by atomic mass is 32.3. The highest BCUT2D eigenvalue weighted by Gasteiger charge is 2.48. The predicted octanol–water partition coefficient (Wildman–Crippen LogP) is -0.502. The van der Waals surface area contributed by atoms with Crippen LogP contribution in [0.3, 0.4) is 0 Å². The van der Waals surface area contributed by atoms with Crippen molar-refractivity contribution in [2.24, 2.45) is 0 Å². The van der Waals surface area contributed by atoms with Gasteiger partial charge in [-0.15, -0.1) is 0 Å². The zero-order valence-electron chi connectivity index (χ0n) is 27.3. The summed E-state index contributed by atoms with van der Waals surface area (Å²) < 4.78 is 80.1. The van der Waals surface area contributed by atoms with Crippen LogP contribution in [0.2, 0.25) is 0 Å². The number of hydrogen-bond donors (Lipinski definition) is 9. The normalized spacial score (nSPS) is 24.6. The molecular weight excluding hydrogens is 686 g/mol. The molecule has 9 atom stereocenters. The van der Waals surface area contributed by atoms with Gasteiger partial charge in [0.15, 0.2) is 12.4 Å². The van der Waals surface area contributed by atoms with Crippen LogP contribution in [0.5, 0.6) is 0 Å². The van der Waals surface area contributed by atoms with Crippen LogP contribution in [0.25, 0.3) is 0 Å². The molecule has 48 heavy (non-hydrogen) atoms. The molecule has 0 aromatic carbocycles. The van der Waals surface area contributed by atoms with Crippen LogP contribution in [0.1, 0.15) is 96.8 Å². The second-order valence-electron chi connectivity index (χ2n) is 11.9. The molecule has 0 radical (unpaired) electrons. The molecule has 18 nitrogen and oxygen atoms in total. The van der Waals surface area contributed by atoms with E-state index in [-0.39, 0.29) is 6.54 Å². The van der Waals surface area contributed by atoms with Crippen LogP contribution < -0.4 is 5.32 Å². The molecule has 20 heteroatoms. The molecule has 286 valence electrons. The van der Waals surface area contributed by atoms with Crippen molar-refractivity contribution in [1.82, 2.24) is 5.32 Å². The van der Waals surface area contributed by atoms with Crippen molar-refractivity contribution in [3.63, 3.8) is 0 Å². The van der Waals surface area contributed by atoms with Crippen molar-refractivity contribution in [3.8, 4) is 0 Å². The Bertz CT molecular complexity index is 1100. The number of aliphatic hydroxyl groups is 6. The lowest BCUT2D eigenvalue weighted by atomic mass is 9.98. The Morgan fingerprint density at radius 3 is 1.69 bits per heavy atom. The topological polar surface area (TPSA) is 296 Å². The fraction of sp³-hybridized carbons (Fsp3) is 0.964. The summed E-state index contributed by atoms with van der Waals surface area (Å²) in [6.07, 6.45) is -3.54. The van der Waals surface area contributed by atoms with Gasteiger partial charge < -0.3 is 45.4 Å². The number of hydrogen-bond acceptors (Lipinski definition) is 15. The minimum absolute atomic E-state index is 0.130. The maximum atomic E-state index is 12.6. The van der Waals surface area contributed by atoms with E-state index < -0.39 is 95.0 Å². The van der Waals surface area contributed by atoms with Crippen molar-refractivity contribution < 1.29 is 79.2 Å². The Balaban J connectivity index is 2.64. The fourth-order valence-corrected chi connectivity index (χ4v) is 5.71. The lowest BCUT2D eigenvalue weighted by molar-refractivity contribution is -0.325. The number of ether oxygens (including phenoxy) is 2. The number of rotatable bonds is 27. The van der Waals surface area contributed by atoms with Gasteiger partial charge in [-0.2, -0.15) is 16.8 Å². The van der Waals surface area contributed by atoms with E-state index in [4.69, 9.17) is 18.6 Å². The number of amides is 1. The van der Waals surface area contributed by atoms with Gasteiger partial charge in [-0.25, -0.2) is 8.37 Å². The zero-order valence-corrected chi connectivity index (χ0v) is 28.9. The van der Waals surface area contributed by atoms with E-state index in [2.05, 4.69) is 20.6 Å². The fourth-order valence-electron chi connectivity index (χ4n) is 5.09. The Morgan fingerprint density at radius 2 is 1.21 bits per heavy atom. The predicted molar refractivity (Wildman–Crippen MR) is 168 cm³/mol. The molecular formula is C28H55NO17S2. The highest BCUT2D eigenvalue weighted by Crippen LogP contribution is 2.26. The maximum absolute atomic E-state index is 12.6. The molecule has 1 aliphatic rings. The van der Waals surface area contributed by atoms with Crippen LogP contribution in [-0.2, 0) is 43.4 Å². The third kappa shape index (κ3) is 18.8. The van der Waals surface area contributed by atoms with Crippen LogP contribution in [0.4, 0.5) is 0 Å². The first-order valence-electron chi connectivity index (χ1n) is 16.4. The molecule has 1 saturated heterocycles. The number of nitrogens with one attached hydrogen (secondary N) is 1. The average molecular weight is 742 g/mol. The molecule has 1 fully saturated rings. The van der Waals surface area contributed by atoms with E-state index in [1.807, 2.05) is 0 Å². The number of unbranched alkanes of at least 4 members (excludes halogenated alkanes) is 13. The summed E-state index contributed by atoms with van der Waals surface area (Å²) in [6.45, 7) is -0.0643. The van der Waals surface area contributed by atoms with E-state index in [1.54, 1.807) is 0 Å². The minimum atomic E-state index is -5.13. The van der Waals surface area contributed by atoms with Crippen LogP contribution in [0.15, 0.2) is 0 Å². The van der Waals surface area contributed by atoms with Crippen LogP contribution >= 0.6 is 0 Å². The maximum Gasteiger partial charge on any atom is 0.397 e. The minimum Gasteiger partial charge on any atom is -0.388 e. The third-order valence-electron chi connectivity index (χ3n) is 7.87. The number of aliphatic hydroxyl groups excluding tert-OH is 6. The smallest absolute Gasteiger partial charge is 0.388 e. The Morgan fingerprint density at radius 1 is 0.729 bits per heavy atom. The van der Waals surface area contributed by atoms with Gasteiger partial charge in [-0.1, -0.05) is 90.4 Å². The molecule has 1 heterocycles. The first-order chi connectivity index (χ1) is 22.5. The molecule has 0 spiro atoms. The van der Waals surface area contributed by atoms with Gasteiger partial charge in [-0.05, 0) is 6.42 Å². The summed E-state index contributed by atoms with van der Waals surface area (Å²) in [5.41, 5.74) is 0. The lowest BCUT2D eigenvalue weighted by Crippen LogP contribution is -2.62. The second-order valence-corrected chi connectivity index (χ2v) is 14.1. The number of carbonyl (C=O) groups excluding carboxylic acids is 1. The van der Waals surface area contributed by atoms with Gasteiger partial charge in [0.1, 0.15) is 42.7 Å². The molecule has 1 aliphatic heterocycles. The molecule has 9 N–H and O–H groups in total. The molecule has 0 aromatic heterocycles. The van der Waals surface area contributed by atoms with E-state index in [0.29, 0.717) is 6.42 Å². The highest BCUT2D eigenvalue weighted by molar-refractivity contribution is 7.81. The van der Waals surface area contributed by atoms with Crippen LogP contribution in [0, 0.1) is 0 Å². The van der Waals surface area contributed by atoms with Crippen molar-refractivity contribution in [1.29, 1.82) is 0 Å². The largest absolute Gasteiger partial charge is 0.397 e. The Labute approximate surface area is 282 Å².